The molecule has 0 fully saturated rings. The monoisotopic (exact) mass is 401 g/mol. The molecule has 28 heavy (non-hydrogen) atoms. The Morgan fingerprint density at radius 2 is 1.86 bits per heavy atom. The van der Waals surface area contributed by atoms with E-state index in [1.54, 1.807) is 19.2 Å². The van der Waals surface area contributed by atoms with E-state index in [4.69, 9.17) is 9.26 Å². The molecule has 0 aliphatic rings. The number of nitrogens with zero attached hydrogens (tertiary/aromatic N) is 2. The molecule has 0 saturated heterocycles. The summed E-state index contributed by atoms with van der Waals surface area (Å²) in [5.74, 6) is 1.39. The summed E-state index contributed by atoms with van der Waals surface area (Å²) in [4.78, 5) is 4.42. The molecule has 3 rings (SSSR count). The highest BCUT2D eigenvalue weighted by atomic mass is 32.2. The van der Waals surface area contributed by atoms with Crippen LogP contribution in [0.15, 0.2) is 51.9 Å². The van der Waals surface area contributed by atoms with Gasteiger partial charge in [-0.2, -0.15) is 4.98 Å². The Labute approximate surface area is 164 Å². The van der Waals surface area contributed by atoms with Crippen molar-refractivity contribution < 1.29 is 17.7 Å². The fourth-order valence-corrected chi connectivity index (χ4v) is 3.73. The van der Waals surface area contributed by atoms with Crippen molar-refractivity contribution in [2.75, 3.05) is 7.11 Å². The largest absolute Gasteiger partial charge is 0.496 e. The number of sulfonamides is 1. The number of hydrogen-bond acceptors (Lipinski definition) is 6. The Hall–Kier alpha value is -2.71. The van der Waals surface area contributed by atoms with Gasteiger partial charge in [-0.1, -0.05) is 48.8 Å². The molecule has 8 heteroatoms. The summed E-state index contributed by atoms with van der Waals surface area (Å²) < 4.78 is 38.3. The van der Waals surface area contributed by atoms with Crippen molar-refractivity contribution in [1.82, 2.24) is 14.9 Å². The van der Waals surface area contributed by atoms with Crippen molar-refractivity contribution in [3.63, 3.8) is 0 Å². The van der Waals surface area contributed by atoms with Gasteiger partial charge in [-0.25, -0.2) is 13.1 Å². The lowest BCUT2D eigenvalue weighted by Gasteiger charge is -2.13. The Balaban J connectivity index is 1.75. The SMILES string of the molecule is COc1ccc(S(=O)(=O)NCc2nc(-c3ccc(C)cc3)no2)cc1C(C)C. The van der Waals surface area contributed by atoms with Crippen molar-refractivity contribution in [1.29, 1.82) is 0 Å². The van der Waals surface area contributed by atoms with E-state index >= 15 is 0 Å². The third-order valence-corrected chi connectivity index (χ3v) is 5.72. The van der Waals surface area contributed by atoms with Crippen molar-refractivity contribution in [3.05, 3.63) is 59.5 Å². The summed E-state index contributed by atoms with van der Waals surface area (Å²) in [5.41, 5.74) is 2.76. The van der Waals surface area contributed by atoms with Crippen LogP contribution in [0, 0.1) is 6.92 Å². The van der Waals surface area contributed by atoms with E-state index < -0.39 is 10.0 Å². The molecular formula is C20H23N3O4S. The molecule has 0 aliphatic carbocycles. The second kappa shape index (κ2) is 8.12. The summed E-state index contributed by atoms with van der Waals surface area (Å²) in [5, 5.41) is 3.91. The minimum atomic E-state index is -3.73. The zero-order chi connectivity index (χ0) is 20.3. The molecule has 0 unspecified atom stereocenters. The highest BCUT2D eigenvalue weighted by Crippen LogP contribution is 2.29. The van der Waals surface area contributed by atoms with Gasteiger partial charge in [0, 0.05) is 5.56 Å². The van der Waals surface area contributed by atoms with Crippen LogP contribution in [-0.4, -0.2) is 25.7 Å². The van der Waals surface area contributed by atoms with Crippen LogP contribution in [0.3, 0.4) is 0 Å². The number of methoxy groups -OCH3 is 1. The van der Waals surface area contributed by atoms with E-state index in [1.807, 2.05) is 45.0 Å². The first-order valence-electron chi connectivity index (χ1n) is 8.87. The summed E-state index contributed by atoms with van der Waals surface area (Å²) in [6.45, 7) is 5.85. The Morgan fingerprint density at radius 1 is 1.14 bits per heavy atom. The molecule has 0 spiro atoms. The summed E-state index contributed by atoms with van der Waals surface area (Å²) >= 11 is 0. The molecule has 0 bridgehead atoms. The minimum Gasteiger partial charge on any atom is -0.496 e. The summed E-state index contributed by atoms with van der Waals surface area (Å²) in [6, 6.07) is 12.5. The van der Waals surface area contributed by atoms with E-state index in [0.717, 1.165) is 16.7 Å². The Kier molecular flexibility index (Phi) is 5.81. The second-order valence-electron chi connectivity index (χ2n) is 6.76. The minimum absolute atomic E-state index is 0.0930. The third kappa shape index (κ3) is 4.40. The van der Waals surface area contributed by atoms with E-state index in [9.17, 15) is 8.42 Å². The summed E-state index contributed by atoms with van der Waals surface area (Å²) in [6.07, 6.45) is 0. The van der Waals surface area contributed by atoms with Gasteiger partial charge in [0.05, 0.1) is 18.6 Å². The van der Waals surface area contributed by atoms with Crippen LogP contribution in [0.1, 0.15) is 36.8 Å². The van der Waals surface area contributed by atoms with Crippen LogP contribution in [0.5, 0.6) is 5.75 Å². The third-order valence-electron chi connectivity index (χ3n) is 4.32. The zero-order valence-electron chi connectivity index (χ0n) is 16.3. The van der Waals surface area contributed by atoms with Gasteiger partial charge in [0.25, 0.3) is 0 Å². The second-order valence-corrected chi connectivity index (χ2v) is 8.53. The number of aryl methyl sites for hydroxylation is 1. The fourth-order valence-electron chi connectivity index (χ4n) is 2.72. The smallest absolute Gasteiger partial charge is 0.242 e. The molecule has 0 saturated carbocycles. The molecule has 0 radical (unpaired) electrons. The molecule has 148 valence electrons. The first kappa shape index (κ1) is 20.0. The number of aromatic nitrogens is 2. The van der Waals surface area contributed by atoms with Crippen LogP contribution in [0.25, 0.3) is 11.4 Å². The lowest BCUT2D eigenvalue weighted by molar-refractivity contribution is 0.376. The van der Waals surface area contributed by atoms with Crippen LogP contribution >= 0.6 is 0 Å². The molecule has 3 aromatic rings. The van der Waals surface area contributed by atoms with Crippen molar-refractivity contribution in [2.24, 2.45) is 0 Å². The van der Waals surface area contributed by atoms with Gasteiger partial charge in [0.2, 0.25) is 21.7 Å². The van der Waals surface area contributed by atoms with E-state index in [-0.39, 0.29) is 23.2 Å². The highest BCUT2D eigenvalue weighted by Gasteiger charge is 2.19. The number of benzene rings is 2. The topological polar surface area (TPSA) is 94.3 Å². The standard InChI is InChI=1S/C20H23N3O4S/c1-13(2)17-11-16(9-10-18(17)26-4)28(24,25)21-12-19-22-20(23-27-19)15-7-5-14(3)6-8-15/h5-11,13,21H,12H2,1-4H3. The Bertz CT molecular complexity index is 1060. The number of hydrogen-bond donors (Lipinski definition) is 1. The molecule has 0 amide bonds. The highest BCUT2D eigenvalue weighted by molar-refractivity contribution is 7.89. The molecule has 7 nitrogen and oxygen atoms in total. The van der Waals surface area contributed by atoms with E-state index in [1.165, 1.54) is 6.07 Å². The molecule has 0 aliphatic heterocycles. The van der Waals surface area contributed by atoms with Gasteiger partial charge < -0.3 is 9.26 Å². The van der Waals surface area contributed by atoms with Gasteiger partial charge >= 0.3 is 0 Å². The average molecular weight is 401 g/mol. The van der Waals surface area contributed by atoms with Crippen LogP contribution in [0.4, 0.5) is 0 Å². The number of rotatable bonds is 7. The number of ether oxygens (including phenoxy) is 1. The lowest BCUT2D eigenvalue weighted by atomic mass is 10.0. The molecular weight excluding hydrogens is 378 g/mol. The van der Waals surface area contributed by atoms with Crippen molar-refractivity contribution >= 4 is 10.0 Å². The number of nitrogens with one attached hydrogen (secondary N) is 1. The molecule has 1 heterocycles. The maximum Gasteiger partial charge on any atom is 0.242 e. The maximum atomic E-state index is 12.7. The van der Waals surface area contributed by atoms with E-state index in [0.29, 0.717) is 11.6 Å². The zero-order valence-corrected chi connectivity index (χ0v) is 17.1. The predicted molar refractivity (Wildman–Crippen MR) is 106 cm³/mol. The Morgan fingerprint density at radius 3 is 2.50 bits per heavy atom. The van der Waals surface area contributed by atoms with Crippen molar-refractivity contribution in [2.45, 2.75) is 38.1 Å². The predicted octanol–water partition coefficient (Wildman–Crippen LogP) is 3.66. The quantitative estimate of drug-likeness (QED) is 0.649. The van der Waals surface area contributed by atoms with Crippen molar-refractivity contribution in [3.8, 4) is 17.1 Å². The lowest BCUT2D eigenvalue weighted by Crippen LogP contribution is -2.23. The first-order valence-corrected chi connectivity index (χ1v) is 10.4. The summed E-state index contributed by atoms with van der Waals surface area (Å²) in [7, 11) is -2.17. The van der Waals surface area contributed by atoms with Gasteiger partial charge in [-0.3, -0.25) is 0 Å². The van der Waals surface area contributed by atoms with Crippen LogP contribution in [-0.2, 0) is 16.6 Å². The van der Waals surface area contributed by atoms with E-state index in [2.05, 4.69) is 14.9 Å². The van der Waals surface area contributed by atoms with Gasteiger partial charge in [-0.15, -0.1) is 0 Å². The molecule has 0 atom stereocenters. The maximum absolute atomic E-state index is 12.7. The van der Waals surface area contributed by atoms with Crippen LogP contribution < -0.4 is 9.46 Å². The van der Waals surface area contributed by atoms with Crippen LogP contribution in [0.2, 0.25) is 0 Å². The molecule has 1 N–H and O–H groups in total. The first-order chi connectivity index (χ1) is 13.3. The fraction of sp³-hybridized carbons (Fsp3) is 0.300. The van der Waals surface area contributed by atoms with Gasteiger partial charge in [0.1, 0.15) is 5.75 Å². The van der Waals surface area contributed by atoms with Gasteiger partial charge in [0.15, 0.2) is 0 Å². The van der Waals surface area contributed by atoms with Gasteiger partial charge in [-0.05, 0) is 36.6 Å². The normalized spacial score (nSPS) is 11.8. The molecule has 1 aromatic heterocycles. The molecule has 2 aromatic carbocycles. The average Bonchev–Trinajstić information content (AvgIpc) is 3.15.